The Bertz CT molecular complexity index is 242. The van der Waals surface area contributed by atoms with E-state index in [9.17, 15) is 9.90 Å². The minimum atomic E-state index is -0.878. The van der Waals surface area contributed by atoms with Gasteiger partial charge in [0.25, 0.3) is 0 Å². The summed E-state index contributed by atoms with van der Waals surface area (Å²) in [6, 6.07) is 0. The molecule has 0 spiro atoms. The van der Waals surface area contributed by atoms with E-state index in [4.69, 9.17) is 14.2 Å². The van der Waals surface area contributed by atoms with Gasteiger partial charge in [0.1, 0.15) is 5.60 Å². The van der Waals surface area contributed by atoms with E-state index >= 15 is 0 Å². The van der Waals surface area contributed by atoms with Crippen LogP contribution in [0.5, 0.6) is 0 Å². The van der Waals surface area contributed by atoms with Crippen LogP contribution in [0, 0.1) is 0 Å². The summed E-state index contributed by atoms with van der Waals surface area (Å²) in [5.41, 5.74) is -0.706. The lowest BCUT2D eigenvalue weighted by Crippen LogP contribution is -2.57. The predicted octanol–water partition coefficient (Wildman–Crippen LogP) is 0.450. The third-order valence-corrected chi connectivity index (χ3v) is 2.74. The molecular weight excluding hydrogens is 200 g/mol. The molecule has 1 aliphatic rings. The molecule has 0 unspecified atom stereocenters. The van der Waals surface area contributed by atoms with Crippen molar-refractivity contribution in [2.45, 2.75) is 51.3 Å². The van der Waals surface area contributed by atoms with E-state index in [0.29, 0.717) is 0 Å². The van der Waals surface area contributed by atoms with Crippen LogP contribution in [0.2, 0.25) is 0 Å². The molecule has 5 nitrogen and oxygen atoms in total. The highest BCUT2D eigenvalue weighted by Crippen LogP contribution is 2.33. The molecule has 88 valence electrons. The van der Waals surface area contributed by atoms with Crippen molar-refractivity contribution >= 4 is 5.97 Å². The van der Waals surface area contributed by atoms with Crippen LogP contribution in [0.25, 0.3) is 0 Å². The normalized spacial score (nSPS) is 41.3. The molecule has 0 saturated carbocycles. The van der Waals surface area contributed by atoms with Gasteiger partial charge in [0, 0.05) is 20.5 Å². The van der Waals surface area contributed by atoms with Crippen molar-refractivity contribution < 1.29 is 24.1 Å². The van der Waals surface area contributed by atoms with Crippen molar-refractivity contribution in [3.05, 3.63) is 0 Å². The molecule has 0 aromatic carbocycles. The van der Waals surface area contributed by atoms with Crippen molar-refractivity contribution in [1.82, 2.24) is 0 Å². The Balaban J connectivity index is 2.82. The second-order valence-electron chi connectivity index (χ2n) is 4.05. The first-order valence-electron chi connectivity index (χ1n) is 4.95. The molecule has 0 aliphatic carbocycles. The minimum absolute atomic E-state index is 0.284. The maximum atomic E-state index is 10.9. The first-order chi connectivity index (χ1) is 6.89. The van der Waals surface area contributed by atoms with Crippen molar-refractivity contribution in [3.63, 3.8) is 0 Å². The summed E-state index contributed by atoms with van der Waals surface area (Å²) in [4.78, 5) is 10.9. The average molecular weight is 218 g/mol. The summed E-state index contributed by atoms with van der Waals surface area (Å²) in [6.45, 7) is 4.88. The highest BCUT2D eigenvalue weighted by atomic mass is 16.6. The van der Waals surface area contributed by atoms with Crippen molar-refractivity contribution in [3.8, 4) is 0 Å². The number of ether oxygens (including phenoxy) is 3. The second kappa shape index (κ2) is 4.47. The number of aliphatic hydroxyl groups is 1. The van der Waals surface area contributed by atoms with Crippen LogP contribution >= 0.6 is 0 Å². The van der Waals surface area contributed by atoms with E-state index in [1.165, 1.54) is 14.0 Å². The van der Waals surface area contributed by atoms with E-state index in [0.717, 1.165) is 0 Å². The average Bonchev–Trinajstić information content (AvgIpc) is 2.11. The van der Waals surface area contributed by atoms with Gasteiger partial charge in [0.2, 0.25) is 0 Å². The molecule has 0 aromatic rings. The summed E-state index contributed by atoms with van der Waals surface area (Å²) >= 11 is 0. The molecule has 1 N–H and O–H groups in total. The fourth-order valence-corrected chi connectivity index (χ4v) is 1.93. The van der Waals surface area contributed by atoms with Crippen LogP contribution in [0.3, 0.4) is 0 Å². The zero-order valence-electron chi connectivity index (χ0n) is 9.52. The lowest BCUT2D eigenvalue weighted by molar-refractivity contribution is -0.269. The van der Waals surface area contributed by atoms with Crippen LogP contribution in [0.15, 0.2) is 0 Å². The Labute approximate surface area is 89.3 Å². The summed E-state index contributed by atoms with van der Waals surface area (Å²) in [5.74, 6) is -0.380. The molecule has 0 radical (unpaired) electrons. The first kappa shape index (κ1) is 12.4. The predicted molar refractivity (Wildman–Crippen MR) is 52.1 cm³/mol. The maximum Gasteiger partial charge on any atom is 0.303 e. The summed E-state index contributed by atoms with van der Waals surface area (Å²) < 4.78 is 15.7. The molecular formula is C10H18O5. The number of carbonyl (C=O) groups is 1. The fourth-order valence-electron chi connectivity index (χ4n) is 1.93. The number of hydrogen-bond acceptors (Lipinski definition) is 5. The van der Waals surface area contributed by atoms with Gasteiger partial charge in [-0.1, -0.05) is 0 Å². The van der Waals surface area contributed by atoms with Gasteiger partial charge >= 0.3 is 5.97 Å². The zero-order chi connectivity index (χ0) is 11.6. The highest BCUT2D eigenvalue weighted by molar-refractivity contribution is 5.66. The molecule has 15 heavy (non-hydrogen) atoms. The fraction of sp³-hybridized carbons (Fsp3) is 0.900. The van der Waals surface area contributed by atoms with E-state index in [1.807, 2.05) is 0 Å². The Kier molecular flexibility index (Phi) is 3.70. The zero-order valence-corrected chi connectivity index (χ0v) is 9.52. The molecule has 1 saturated heterocycles. The topological polar surface area (TPSA) is 65.0 Å². The summed E-state index contributed by atoms with van der Waals surface area (Å²) in [6.07, 6.45) is -1.48. The monoisotopic (exact) mass is 218 g/mol. The van der Waals surface area contributed by atoms with Gasteiger partial charge in [-0.05, 0) is 13.8 Å². The van der Waals surface area contributed by atoms with E-state index in [-0.39, 0.29) is 18.5 Å². The molecule has 0 aromatic heterocycles. The van der Waals surface area contributed by atoms with Gasteiger partial charge in [-0.3, -0.25) is 4.79 Å². The molecule has 4 atom stereocenters. The van der Waals surface area contributed by atoms with Crippen LogP contribution in [-0.2, 0) is 19.0 Å². The largest absolute Gasteiger partial charge is 0.457 e. The van der Waals surface area contributed by atoms with Gasteiger partial charge in [-0.25, -0.2) is 0 Å². The standard InChI is InChI=1S/C10H18O5/c1-6-9(15-7(2)11)10(3,13-4)5-8(12)14-6/h6,8-9,12H,5H2,1-4H3/t6-,8+,9-,10+/m0/s1. The van der Waals surface area contributed by atoms with Crippen LogP contribution < -0.4 is 0 Å². The smallest absolute Gasteiger partial charge is 0.303 e. The van der Waals surface area contributed by atoms with Gasteiger partial charge in [-0.2, -0.15) is 0 Å². The lowest BCUT2D eigenvalue weighted by Gasteiger charge is -2.44. The number of carbonyl (C=O) groups excluding carboxylic acids is 1. The quantitative estimate of drug-likeness (QED) is 0.682. The van der Waals surface area contributed by atoms with Crippen molar-refractivity contribution in [2.75, 3.05) is 7.11 Å². The van der Waals surface area contributed by atoms with E-state index in [2.05, 4.69) is 0 Å². The molecule has 1 heterocycles. The van der Waals surface area contributed by atoms with Crippen LogP contribution in [-0.4, -0.2) is 42.3 Å². The molecule has 0 amide bonds. The van der Waals surface area contributed by atoms with Gasteiger partial charge in [-0.15, -0.1) is 0 Å². The van der Waals surface area contributed by atoms with Crippen molar-refractivity contribution in [2.24, 2.45) is 0 Å². The minimum Gasteiger partial charge on any atom is -0.457 e. The third-order valence-electron chi connectivity index (χ3n) is 2.74. The number of rotatable bonds is 2. The number of aliphatic hydroxyl groups excluding tert-OH is 1. The van der Waals surface area contributed by atoms with Crippen LogP contribution in [0.4, 0.5) is 0 Å². The molecule has 1 fully saturated rings. The van der Waals surface area contributed by atoms with E-state index in [1.54, 1.807) is 13.8 Å². The SMILES string of the molecule is CO[C@]1(C)C[C@H](O)O[C@@H](C)[C@@H]1OC(C)=O. The molecule has 1 rings (SSSR count). The van der Waals surface area contributed by atoms with Gasteiger partial charge in [0.05, 0.1) is 6.10 Å². The van der Waals surface area contributed by atoms with Gasteiger partial charge in [0.15, 0.2) is 12.4 Å². The molecule has 1 aliphatic heterocycles. The van der Waals surface area contributed by atoms with Crippen molar-refractivity contribution in [1.29, 1.82) is 0 Å². The Hall–Kier alpha value is -0.650. The second-order valence-corrected chi connectivity index (χ2v) is 4.05. The highest BCUT2D eigenvalue weighted by Gasteiger charge is 2.47. The Morgan fingerprint density at radius 1 is 1.60 bits per heavy atom. The number of methoxy groups -OCH3 is 1. The summed E-state index contributed by atoms with van der Waals surface area (Å²) in [5, 5.41) is 9.46. The van der Waals surface area contributed by atoms with Gasteiger partial charge < -0.3 is 19.3 Å². The maximum absolute atomic E-state index is 10.9. The van der Waals surface area contributed by atoms with E-state index < -0.39 is 18.0 Å². The lowest BCUT2D eigenvalue weighted by atomic mass is 9.88. The third kappa shape index (κ3) is 2.68. The summed E-state index contributed by atoms with van der Waals surface area (Å²) in [7, 11) is 1.53. The van der Waals surface area contributed by atoms with Crippen LogP contribution in [0.1, 0.15) is 27.2 Å². The Morgan fingerprint density at radius 2 is 2.20 bits per heavy atom. The number of hydrogen-bond donors (Lipinski definition) is 1. The first-order valence-corrected chi connectivity index (χ1v) is 4.95. The molecule has 5 heteroatoms. The molecule has 0 bridgehead atoms. The number of esters is 1. The Morgan fingerprint density at radius 3 is 2.67 bits per heavy atom.